The minimum absolute atomic E-state index is 0.470. The Balaban J connectivity index is 0.000000421. The summed E-state index contributed by atoms with van der Waals surface area (Å²) in [6.07, 6.45) is -0.370. The molecule has 2 rings (SSSR count). The van der Waals surface area contributed by atoms with Crippen molar-refractivity contribution in [3.63, 3.8) is 0 Å². The zero-order valence-corrected chi connectivity index (χ0v) is 24.2. The van der Waals surface area contributed by atoms with Gasteiger partial charge in [0.2, 0.25) is 5.41 Å². The van der Waals surface area contributed by atoms with Crippen LogP contribution in [0.15, 0.2) is 48.5 Å². The minimum Gasteiger partial charge on any atom is -0.872 e. The monoisotopic (exact) mass is 577 g/mol. The Bertz CT molecular complexity index is 857. The predicted octanol–water partition coefficient (Wildman–Crippen LogP) is 8.88. The Morgan fingerprint density at radius 2 is 0.875 bits per heavy atom. The smallest absolute Gasteiger partial charge is 0.411 e. The van der Waals surface area contributed by atoms with Crippen molar-refractivity contribution in [1.29, 1.82) is 0 Å². The molecule has 0 aromatic heterocycles. The lowest BCUT2D eigenvalue weighted by molar-refractivity contribution is -0.929. The fourth-order valence-corrected chi connectivity index (χ4v) is 5.04. The highest BCUT2D eigenvalue weighted by Crippen LogP contribution is 2.56. The second-order valence-electron chi connectivity index (χ2n) is 10.5. The van der Waals surface area contributed by atoms with Gasteiger partial charge in [-0.2, -0.15) is 26.3 Å². The lowest BCUT2D eigenvalue weighted by atomic mass is 9.73. The third-order valence-corrected chi connectivity index (χ3v) is 7.38. The first-order valence-electron chi connectivity index (χ1n) is 14.3. The molecule has 2 aromatic rings. The Hall–Kier alpha value is -2.42. The number of alkyl halides is 6. The van der Waals surface area contributed by atoms with Crippen LogP contribution >= 0.6 is 0 Å². The van der Waals surface area contributed by atoms with E-state index in [1.807, 2.05) is 0 Å². The maximum absolute atomic E-state index is 13.6. The van der Waals surface area contributed by atoms with Crippen LogP contribution in [0.2, 0.25) is 0 Å². The van der Waals surface area contributed by atoms with Crippen molar-refractivity contribution in [2.24, 2.45) is 0 Å². The number of phenols is 1. The lowest BCUT2D eigenvalue weighted by Crippen LogP contribution is -2.54. The van der Waals surface area contributed by atoms with E-state index in [-0.39, 0.29) is 0 Å². The topological polar surface area (TPSA) is 43.3 Å². The Morgan fingerprint density at radius 1 is 0.575 bits per heavy atom. The van der Waals surface area contributed by atoms with Gasteiger partial charge in [-0.05, 0) is 48.9 Å². The van der Waals surface area contributed by atoms with E-state index in [1.165, 1.54) is 82.0 Å². The van der Waals surface area contributed by atoms with Gasteiger partial charge in [0, 0.05) is 0 Å². The molecular weight excluding hydrogens is 532 g/mol. The third-order valence-electron chi connectivity index (χ3n) is 7.38. The summed E-state index contributed by atoms with van der Waals surface area (Å²) in [5, 5.41) is 20.2. The zero-order valence-electron chi connectivity index (χ0n) is 24.2. The number of quaternary nitrogens is 1. The second kappa shape index (κ2) is 16.1. The van der Waals surface area contributed by atoms with Crippen LogP contribution in [0.4, 0.5) is 26.3 Å². The van der Waals surface area contributed by atoms with Gasteiger partial charge in [-0.1, -0.05) is 89.8 Å². The number of hydrogen-bond acceptors (Lipinski definition) is 2. The van der Waals surface area contributed by atoms with E-state index in [9.17, 15) is 31.4 Å². The van der Waals surface area contributed by atoms with E-state index in [0.29, 0.717) is 36.4 Å². The molecular formula is C31H45F6NO2. The van der Waals surface area contributed by atoms with Gasteiger partial charge in [0.1, 0.15) is 5.75 Å². The van der Waals surface area contributed by atoms with E-state index in [2.05, 4.69) is 27.7 Å². The highest BCUT2D eigenvalue weighted by Gasteiger charge is 2.72. The maximum atomic E-state index is 13.6. The van der Waals surface area contributed by atoms with Crippen LogP contribution in [-0.4, -0.2) is 48.1 Å². The van der Waals surface area contributed by atoms with Crippen LogP contribution < -0.4 is 5.11 Å². The van der Waals surface area contributed by atoms with Gasteiger partial charge in [0.15, 0.2) is 0 Å². The van der Waals surface area contributed by atoms with Crippen LogP contribution in [0.25, 0.3) is 0 Å². The molecule has 0 fully saturated rings. The van der Waals surface area contributed by atoms with Gasteiger partial charge in [0.25, 0.3) is 0 Å². The molecule has 0 amide bonds. The molecule has 228 valence electrons. The van der Waals surface area contributed by atoms with Crippen molar-refractivity contribution >= 4 is 0 Å². The molecule has 1 N–H and O–H groups in total. The predicted molar refractivity (Wildman–Crippen MR) is 146 cm³/mol. The number of hydrogen-bond donors (Lipinski definition) is 1. The summed E-state index contributed by atoms with van der Waals surface area (Å²) >= 11 is 0. The Kier molecular flexibility index (Phi) is 14.4. The SMILES string of the molecule is CCCC[N+](CCCC)(CCCC)CCCC.[O-]c1ccc(C(c2ccc(O)cc2)(C(F)(F)F)C(F)(F)F)cc1. The molecule has 0 heterocycles. The van der Waals surface area contributed by atoms with Crippen molar-refractivity contribution in [2.75, 3.05) is 26.2 Å². The molecule has 9 heteroatoms. The van der Waals surface area contributed by atoms with Gasteiger partial charge >= 0.3 is 12.4 Å². The molecule has 0 aliphatic carbocycles. The average molecular weight is 578 g/mol. The fourth-order valence-electron chi connectivity index (χ4n) is 5.04. The molecule has 3 nitrogen and oxygen atoms in total. The van der Waals surface area contributed by atoms with Crippen LogP contribution in [0.5, 0.6) is 11.5 Å². The minimum atomic E-state index is -5.72. The summed E-state index contributed by atoms with van der Waals surface area (Å²) < 4.78 is 82.9. The van der Waals surface area contributed by atoms with Gasteiger partial charge in [0.05, 0.1) is 26.2 Å². The molecule has 40 heavy (non-hydrogen) atoms. The molecule has 0 saturated heterocycles. The number of unbranched alkanes of at least 4 members (excludes halogenated alkanes) is 4. The standard InChI is InChI=1S/C16H36N.C15H10F6O2/c1-5-9-13-17(14-10-6-2,15-11-7-3)16-12-8-4;16-14(17,18)13(15(19,20)21,9-1-5-11(22)6-2-9)10-3-7-12(23)8-4-10/h5-16H2,1-4H3;1-8,22-23H/q+1;/p-1. The molecule has 0 bridgehead atoms. The van der Waals surface area contributed by atoms with Crippen molar-refractivity contribution < 1.29 is 41.0 Å². The first-order valence-corrected chi connectivity index (χ1v) is 14.3. The van der Waals surface area contributed by atoms with E-state index in [0.717, 1.165) is 12.1 Å². The highest BCUT2D eigenvalue weighted by atomic mass is 19.4. The summed E-state index contributed by atoms with van der Waals surface area (Å²) in [5.41, 5.74) is -6.53. The average Bonchev–Trinajstić information content (AvgIpc) is 2.89. The van der Waals surface area contributed by atoms with Crippen LogP contribution in [0.1, 0.15) is 90.2 Å². The van der Waals surface area contributed by atoms with Gasteiger partial charge < -0.3 is 14.7 Å². The number of halogens is 6. The lowest BCUT2D eigenvalue weighted by Gasteiger charge is -2.39. The summed E-state index contributed by atoms with van der Waals surface area (Å²) in [6, 6.07) is 4.90. The summed E-state index contributed by atoms with van der Waals surface area (Å²) in [7, 11) is 0. The molecule has 0 radical (unpaired) electrons. The fraction of sp³-hybridized carbons (Fsp3) is 0.613. The molecule has 0 saturated carbocycles. The molecule has 0 atom stereocenters. The van der Waals surface area contributed by atoms with Crippen molar-refractivity contribution in [2.45, 2.75) is 96.8 Å². The van der Waals surface area contributed by atoms with E-state index in [1.54, 1.807) is 0 Å². The van der Waals surface area contributed by atoms with Crippen molar-refractivity contribution in [3.05, 3.63) is 59.7 Å². The third kappa shape index (κ3) is 9.32. The normalized spacial score (nSPS) is 12.7. The number of aromatic hydroxyl groups is 1. The quantitative estimate of drug-likeness (QED) is 0.180. The number of nitrogens with zero attached hydrogens (tertiary/aromatic N) is 1. The number of phenolic OH excluding ortho intramolecular Hbond substituents is 1. The summed E-state index contributed by atoms with van der Waals surface area (Å²) in [6.45, 7) is 15.0. The first kappa shape index (κ1) is 35.6. The van der Waals surface area contributed by atoms with E-state index in [4.69, 9.17) is 5.11 Å². The Morgan fingerprint density at radius 3 is 1.15 bits per heavy atom. The van der Waals surface area contributed by atoms with Crippen LogP contribution in [0, 0.1) is 0 Å². The molecule has 0 spiro atoms. The first-order chi connectivity index (χ1) is 18.7. The van der Waals surface area contributed by atoms with Crippen LogP contribution in [-0.2, 0) is 5.41 Å². The van der Waals surface area contributed by atoms with E-state index >= 15 is 0 Å². The number of benzene rings is 2. The molecule has 0 aliphatic heterocycles. The van der Waals surface area contributed by atoms with Crippen LogP contribution in [0.3, 0.4) is 0 Å². The molecule has 0 aliphatic rings. The van der Waals surface area contributed by atoms with Gasteiger partial charge in [-0.3, -0.25) is 0 Å². The van der Waals surface area contributed by atoms with E-state index < -0.39 is 40.4 Å². The van der Waals surface area contributed by atoms with Gasteiger partial charge in [-0.15, -0.1) is 5.75 Å². The molecule has 0 unspecified atom stereocenters. The summed E-state index contributed by atoms with van der Waals surface area (Å²) in [5.74, 6) is -1.18. The zero-order chi connectivity index (χ0) is 30.5. The van der Waals surface area contributed by atoms with Gasteiger partial charge in [-0.25, -0.2) is 0 Å². The second-order valence-corrected chi connectivity index (χ2v) is 10.5. The summed E-state index contributed by atoms with van der Waals surface area (Å²) in [4.78, 5) is 0. The number of rotatable bonds is 14. The maximum Gasteiger partial charge on any atom is 0.411 e. The Labute approximate surface area is 235 Å². The highest BCUT2D eigenvalue weighted by molar-refractivity contribution is 5.46. The van der Waals surface area contributed by atoms with Crippen molar-refractivity contribution in [3.8, 4) is 11.5 Å². The largest absolute Gasteiger partial charge is 0.872 e. The van der Waals surface area contributed by atoms with Crippen molar-refractivity contribution in [1.82, 2.24) is 0 Å². The molecule has 2 aromatic carbocycles.